The van der Waals surface area contributed by atoms with Gasteiger partial charge in [0.25, 0.3) is 0 Å². The average molecular weight is 560 g/mol. The minimum Gasteiger partial charge on any atom is -0.487 e. The summed E-state index contributed by atoms with van der Waals surface area (Å²) in [6.07, 6.45) is -2.02. The highest BCUT2D eigenvalue weighted by Crippen LogP contribution is 2.41. The van der Waals surface area contributed by atoms with E-state index in [9.17, 15) is 26.4 Å². The van der Waals surface area contributed by atoms with Crippen molar-refractivity contribution in [3.05, 3.63) is 52.5 Å². The first kappa shape index (κ1) is 27.6. The molecule has 0 unspecified atom stereocenters. The molecule has 0 atom stereocenters. The van der Waals surface area contributed by atoms with Gasteiger partial charge in [0, 0.05) is 37.2 Å². The number of carbonyl (C=O) groups excluding carboxylic acids is 1. The van der Waals surface area contributed by atoms with Crippen molar-refractivity contribution in [2.45, 2.75) is 62.7 Å². The van der Waals surface area contributed by atoms with Gasteiger partial charge in [-0.15, -0.1) is 0 Å². The number of hydrogen-bond donors (Lipinski definition) is 0. The normalized spacial score (nSPS) is 17.8. The third-order valence-corrected chi connectivity index (χ3v) is 8.19. The van der Waals surface area contributed by atoms with Crippen LogP contribution in [0.4, 0.5) is 18.0 Å². The molecule has 4 rings (SSSR count). The fourth-order valence-electron chi connectivity index (χ4n) is 4.62. The van der Waals surface area contributed by atoms with E-state index >= 15 is 0 Å². The zero-order valence-electron chi connectivity index (χ0n) is 20.8. The molecule has 2 aliphatic heterocycles. The van der Waals surface area contributed by atoms with Crippen LogP contribution in [0.3, 0.4) is 0 Å². The van der Waals surface area contributed by atoms with Gasteiger partial charge in [-0.3, -0.25) is 0 Å². The Hall–Kier alpha value is -2.46. The molecule has 37 heavy (non-hydrogen) atoms. The van der Waals surface area contributed by atoms with Gasteiger partial charge in [-0.05, 0) is 67.1 Å². The van der Waals surface area contributed by atoms with Gasteiger partial charge in [0.1, 0.15) is 11.4 Å². The van der Waals surface area contributed by atoms with Gasteiger partial charge >= 0.3 is 12.3 Å². The van der Waals surface area contributed by atoms with Crippen molar-refractivity contribution in [1.82, 2.24) is 4.90 Å². The molecule has 202 valence electrons. The maximum atomic E-state index is 13.1. The molecular formula is C26H29ClF3NO5S. The fourth-order valence-corrected chi connectivity index (χ4v) is 5.76. The fraction of sp³-hybridized carbons (Fsp3) is 0.500. The number of carbonyl (C=O) groups is 1. The number of amides is 1. The number of hydrogen-bond acceptors (Lipinski definition) is 5. The lowest BCUT2D eigenvalue weighted by atomic mass is 9.82. The minimum atomic E-state index is -4.65. The van der Waals surface area contributed by atoms with Crippen molar-refractivity contribution in [3.8, 4) is 16.9 Å². The van der Waals surface area contributed by atoms with Crippen LogP contribution in [-0.2, 0) is 26.7 Å². The maximum absolute atomic E-state index is 13.1. The van der Waals surface area contributed by atoms with Crippen LogP contribution in [0.15, 0.2) is 36.4 Å². The molecule has 2 heterocycles. The van der Waals surface area contributed by atoms with Crippen LogP contribution in [0.1, 0.15) is 44.2 Å². The molecule has 6 nitrogen and oxygen atoms in total. The van der Waals surface area contributed by atoms with E-state index in [1.54, 1.807) is 12.1 Å². The SMILES string of the molecule is CC(C)(OC(=O)N1CCC2(CCc3cc(-c4ccc(CS(C)(=O)=O)c(Cl)c4)ccc3O2)CC1)C(F)(F)F. The predicted molar refractivity (Wildman–Crippen MR) is 135 cm³/mol. The van der Waals surface area contributed by atoms with Crippen LogP contribution in [-0.4, -0.2) is 56.1 Å². The van der Waals surface area contributed by atoms with E-state index in [-0.39, 0.29) is 18.8 Å². The second kappa shape index (κ2) is 9.69. The Morgan fingerprint density at radius 1 is 1.08 bits per heavy atom. The number of piperidine rings is 1. The van der Waals surface area contributed by atoms with Crippen LogP contribution in [0.2, 0.25) is 5.02 Å². The van der Waals surface area contributed by atoms with E-state index < -0.39 is 33.3 Å². The number of halogens is 4. The smallest absolute Gasteiger partial charge is 0.427 e. The molecule has 0 saturated carbocycles. The lowest BCUT2D eigenvalue weighted by Gasteiger charge is -2.44. The van der Waals surface area contributed by atoms with Gasteiger partial charge in [0.2, 0.25) is 5.60 Å². The molecule has 2 aromatic rings. The second-order valence-corrected chi connectivity index (χ2v) is 12.9. The Balaban J connectivity index is 1.42. The summed E-state index contributed by atoms with van der Waals surface area (Å²) in [7, 11) is -3.20. The summed E-state index contributed by atoms with van der Waals surface area (Å²) in [6.45, 7) is 2.17. The Morgan fingerprint density at radius 2 is 1.70 bits per heavy atom. The molecule has 0 aliphatic carbocycles. The summed E-state index contributed by atoms with van der Waals surface area (Å²) in [5, 5.41) is 0.389. The third-order valence-electron chi connectivity index (χ3n) is 7.00. The lowest BCUT2D eigenvalue weighted by molar-refractivity contribution is -0.246. The Morgan fingerprint density at radius 3 is 2.30 bits per heavy atom. The van der Waals surface area contributed by atoms with Crippen LogP contribution >= 0.6 is 11.6 Å². The molecular weight excluding hydrogens is 531 g/mol. The zero-order valence-corrected chi connectivity index (χ0v) is 22.4. The van der Waals surface area contributed by atoms with E-state index in [1.807, 2.05) is 24.3 Å². The Bertz CT molecular complexity index is 1300. The van der Waals surface area contributed by atoms with Crippen LogP contribution in [0, 0.1) is 0 Å². The van der Waals surface area contributed by atoms with Gasteiger partial charge in [-0.2, -0.15) is 13.2 Å². The number of sulfone groups is 1. The maximum Gasteiger partial charge on any atom is 0.427 e. The number of nitrogens with zero attached hydrogens (tertiary/aromatic N) is 1. The highest BCUT2D eigenvalue weighted by molar-refractivity contribution is 7.89. The largest absolute Gasteiger partial charge is 0.487 e. The van der Waals surface area contributed by atoms with Gasteiger partial charge in [-0.1, -0.05) is 29.8 Å². The van der Waals surface area contributed by atoms with E-state index in [2.05, 4.69) is 0 Å². The predicted octanol–water partition coefficient (Wildman–Crippen LogP) is 6.19. The molecule has 11 heteroatoms. The second-order valence-electron chi connectivity index (χ2n) is 10.3. The van der Waals surface area contributed by atoms with Crippen LogP contribution < -0.4 is 4.74 Å². The monoisotopic (exact) mass is 559 g/mol. The zero-order chi connectivity index (χ0) is 27.2. The van der Waals surface area contributed by atoms with Crippen molar-refractivity contribution in [2.75, 3.05) is 19.3 Å². The summed E-state index contributed by atoms with van der Waals surface area (Å²) in [6, 6.07) is 11.1. The number of ether oxygens (including phenoxy) is 2. The summed E-state index contributed by atoms with van der Waals surface area (Å²) >= 11 is 6.34. The van der Waals surface area contributed by atoms with Crippen LogP contribution in [0.25, 0.3) is 11.1 Å². The molecule has 1 fully saturated rings. The highest BCUT2D eigenvalue weighted by Gasteiger charge is 2.52. The van der Waals surface area contributed by atoms with Crippen molar-refractivity contribution in [1.29, 1.82) is 0 Å². The number of rotatable bonds is 4. The summed E-state index contributed by atoms with van der Waals surface area (Å²) in [4.78, 5) is 13.6. The molecule has 2 aromatic carbocycles. The molecule has 0 bridgehead atoms. The lowest BCUT2D eigenvalue weighted by Crippen LogP contribution is -2.53. The van der Waals surface area contributed by atoms with Crippen LogP contribution in [0.5, 0.6) is 5.75 Å². The summed E-state index contributed by atoms with van der Waals surface area (Å²) in [5.41, 5.74) is 0.313. The molecule has 0 radical (unpaired) electrons. The van der Waals surface area contributed by atoms with E-state index in [0.717, 1.165) is 49.0 Å². The molecule has 2 aliphatic rings. The van der Waals surface area contributed by atoms with Crippen molar-refractivity contribution in [2.24, 2.45) is 0 Å². The van der Waals surface area contributed by atoms with Gasteiger partial charge < -0.3 is 14.4 Å². The van der Waals surface area contributed by atoms with Crippen molar-refractivity contribution >= 4 is 27.5 Å². The molecule has 1 saturated heterocycles. The van der Waals surface area contributed by atoms with E-state index in [1.165, 1.54) is 4.90 Å². The van der Waals surface area contributed by atoms with Gasteiger partial charge in [-0.25, -0.2) is 13.2 Å². The number of fused-ring (bicyclic) bond motifs is 1. The average Bonchev–Trinajstić information content (AvgIpc) is 2.78. The first-order chi connectivity index (χ1) is 17.1. The number of benzene rings is 2. The topological polar surface area (TPSA) is 72.9 Å². The Labute approximate surface area is 219 Å². The van der Waals surface area contributed by atoms with E-state index in [4.69, 9.17) is 21.1 Å². The summed E-state index contributed by atoms with van der Waals surface area (Å²) < 4.78 is 73.6. The minimum absolute atomic E-state index is 0.124. The van der Waals surface area contributed by atoms with E-state index in [0.29, 0.717) is 29.8 Å². The standard InChI is InChI=1S/C26H29ClF3NO5S/c1-24(2,26(28,29)30)36-23(32)31-12-10-25(11-13-31)9-8-19-14-17(6-7-22(19)35-25)18-4-5-20(21(27)15-18)16-37(3,33)34/h4-7,14-15H,8-13,16H2,1-3H3. The highest BCUT2D eigenvalue weighted by atomic mass is 35.5. The third kappa shape index (κ3) is 6.17. The molecule has 0 aromatic heterocycles. The number of alkyl halides is 3. The first-order valence-electron chi connectivity index (χ1n) is 11.9. The quantitative estimate of drug-likeness (QED) is 0.447. The van der Waals surface area contributed by atoms with Crippen molar-refractivity contribution < 1.29 is 35.9 Å². The van der Waals surface area contributed by atoms with Gasteiger partial charge in [0.15, 0.2) is 9.84 Å². The number of likely N-dealkylation sites (tertiary alicyclic amines) is 1. The van der Waals surface area contributed by atoms with Crippen molar-refractivity contribution in [3.63, 3.8) is 0 Å². The van der Waals surface area contributed by atoms with Gasteiger partial charge in [0.05, 0.1) is 5.75 Å². The summed E-state index contributed by atoms with van der Waals surface area (Å²) in [5.74, 6) is 0.616. The molecule has 1 spiro atoms. The first-order valence-corrected chi connectivity index (χ1v) is 14.3. The number of aryl methyl sites for hydroxylation is 1. The molecule has 0 N–H and O–H groups in total. The molecule has 1 amide bonds. The Kier molecular flexibility index (Phi) is 7.22.